The molecular weight excluding hydrogens is 228 g/mol. The molecule has 0 bridgehead atoms. The van der Waals surface area contributed by atoms with Gasteiger partial charge >= 0.3 is 0 Å². The molecule has 0 aliphatic heterocycles. The van der Waals surface area contributed by atoms with Crippen LogP contribution in [0.3, 0.4) is 0 Å². The number of hydrogen-bond acceptors (Lipinski definition) is 3. The number of nitrogens with zero attached hydrogens (tertiary/aromatic N) is 2. The molecule has 1 aliphatic rings. The molecule has 1 aromatic heterocycles. The molecule has 4 heteroatoms. The average molecular weight is 244 g/mol. The molecule has 1 saturated carbocycles. The molecule has 1 fully saturated rings. The molecule has 0 radical (unpaired) electrons. The van der Waals surface area contributed by atoms with Gasteiger partial charge in [-0.25, -0.2) is 4.98 Å². The number of aryl methyl sites for hydroxylation is 1. The van der Waals surface area contributed by atoms with Gasteiger partial charge < -0.3 is 9.67 Å². The molecular formula is C14H16N2O2. The van der Waals surface area contributed by atoms with Gasteiger partial charge in [0.25, 0.3) is 0 Å². The van der Waals surface area contributed by atoms with E-state index in [1.165, 1.54) is 0 Å². The van der Waals surface area contributed by atoms with Crippen LogP contribution in [0.2, 0.25) is 0 Å². The SMILES string of the molecule is Cn1c(CC(=O)C(O)C2CC2)nc2ccccc21. The highest BCUT2D eigenvalue weighted by Gasteiger charge is 2.34. The minimum absolute atomic E-state index is 0.115. The van der Waals surface area contributed by atoms with Crippen molar-refractivity contribution in [1.29, 1.82) is 0 Å². The average Bonchev–Trinajstić information content (AvgIpc) is 3.17. The summed E-state index contributed by atoms with van der Waals surface area (Å²) in [7, 11) is 1.90. The van der Waals surface area contributed by atoms with Crippen LogP contribution in [0.4, 0.5) is 0 Å². The van der Waals surface area contributed by atoms with E-state index in [9.17, 15) is 9.90 Å². The summed E-state index contributed by atoms with van der Waals surface area (Å²) in [5.74, 6) is 0.795. The Morgan fingerprint density at radius 3 is 2.89 bits per heavy atom. The van der Waals surface area contributed by atoms with Gasteiger partial charge in [-0.3, -0.25) is 4.79 Å². The van der Waals surface area contributed by atoms with Gasteiger partial charge in [-0.15, -0.1) is 0 Å². The van der Waals surface area contributed by atoms with Crippen LogP contribution < -0.4 is 0 Å². The smallest absolute Gasteiger partial charge is 0.169 e. The second-order valence-electron chi connectivity index (χ2n) is 5.00. The zero-order chi connectivity index (χ0) is 12.7. The van der Waals surface area contributed by atoms with E-state index in [0.717, 1.165) is 29.7 Å². The Morgan fingerprint density at radius 1 is 1.50 bits per heavy atom. The normalized spacial score (nSPS) is 17.0. The van der Waals surface area contributed by atoms with Crippen molar-refractivity contribution in [2.45, 2.75) is 25.4 Å². The lowest BCUT2D eigenvalue weighted by Gasteiger charge is -2.07. The third-order valence-electron chi connectivity index (χ3n) is 3.61. The van der Waals surface area contributed by atoms with E-state index in [-0.39, 0.29) is 18.1 Å². The van der Waals surface area contributed by atoms with Gasteiger partial charge in [0.15, 0.2) is 5.78 Å². The fourth-order valence-corrected chi connectivity index (χ4v) is 2.29. The number of benzene rings is 1. The largest absolute Gasteiger partial charge is 0.385 e. The second-order valence-corrected chi connectivity index (χ2v) is 5.00. The van der Waals surface area contributed by atoms with Crippen LogP contribution in [-0.2, 0) is 18.3 Å². The first-order valence-corrected chi connectivity index (χ1v) is 6.28. The van der Waals surface area contributed by atoms with E-state index < -0.39 is 6.10 Å². The number of Topliss-reactive ketones (excluding diaryl/α,β-unsaturated/α-hetero) is 1. The number of imidazole rings is 1. The summed E-state index contributed by atoms with van der Waals surface area (Å²) in [4.78, 5) is 16.4. The number of fused-ring (bicyclic) bond motifs is 1. The molecule has 1 atom stereocenters. The minimum atomic E-state index is -0.801. The van der Waals surface area contributed by atoms with Crippen molar-refractivity contribution in [3.8, 4) is 0 Å². The Morgan fingerprint density at radius 2 is 2.22 bits per heavy atom. The number of para-hydroxylation sites is 2. The van der Waals surface area contributed by atoms with Crippen LogP contribution in [0, 0.1) is 5.92 Å². The number of aromatic nitrogens is 2. The summed E-state index contributed by atoms with van der Waals surface area (Å²) in [6.07, 6.45) is 1.35. The van der Waals surface area contributed by atoms with E-state index in [2.05, 4.69) is 4.98 Å². The lowest BCUT2D eigenvalue weighted by atomic mass is 10.1. The third kappa shape index (κ3) is 1.93. The van der Waals surface area contributed by atoms with Gasteiger partial charge in [0.1, 0.15) is 11.9 Å². The highest BCUT2D eigenvalue weighted by atomic mass is 16.3. The summed E-state index contributed by atoms with van der Waals surface area (Å²) < 4.78 is 1.92. The van der Waals surface area contributed by atoms with Crippen LogP contribution >= 0.6 is 0 Å². The van der Waals surface area contributed by atoms with Gasteiger partial charge in [0.2, 0.25) is 0 Å². The fraction of sp³-hybridized carbons (Fsp3) is 0.429. The number of carbonyl (C=O) groups is 1. The number of carbonyl (C=O) groups excluding carboxylic acids is 1. The Bertz CT molecular complexity index is 599. The van der Waals surface area contributed by atoms with Crippen molar-refractivity contribution in [2.24, 2.45) is 13.0 Å². The van der Waals surface area contributed by atoms with Crippen LogP contribution in [0.15, 0.2) is 24.3 Å². The molecule has 1 aliphatic carbocycles. The monoisotopic (exact) mass is 244 g/mol. The first-order valence-electron chi connectivity index (χ1n) is 6.28. The summed E-state index contributed by atoms with van der Waals surface area (Å²) in [6, 6.07) is 7.79. The second kappa shape index (κ2) is 4.21. The maximum absolute atomic E-state index is 11.9. The minimum Gasteiger partial charge on any atom is -0.385 e. The van der Waals surface area contributed by atoms with Crippen molar-refractivity contribution in [3.63, 3.8) is 0 Å². The maximum Gasteiger partial charge on any atom is 0.169 e. The van der Waals surface area contributed by atoms with E-state index in [1.807, 2.05) is 35.9 Å². The molecule has 18 heavy (non-hydrogen) atoms. The van der Waals surface area contributed by atoms with Gasteiger partial charge in [-0.05, 0) is 30.9 Å². The molecule has 0 amide bonds. The molecule has 1 unspecified atom stereocenters. The van der Waals surface area contributed by atoms with Crippen molar-refractivity contribution in [1.82, 2.24) is 9.55 Å². The quantitative estimate of drug-likeness (QED) is 0.885. The lowest BCUT2D eigenvalue weighted by molar-refractivity contribution is -0.127. The summed E-state index contributed by atoms with van der Waals surface area (Å²) in [5.41, 5.74) is 1.91. The third-order valence-corrected chi connectivity index (χ3v) is 3.61. The first kappa shape index (κ1) is 11.4. The molecule has 1 heterocycles. The van der Waals surface area contributed by atoms with Crippen molar-refractivity contribution >= 4 is 16.8 Å². The predicted molar refractivity (Wildman–Crippen MR) is 68.2 cm³/mol. The molecule has 3 rings (SSSR count). The van der Waals surface area contributed by atoms with Crippen LogP contribution in [0.5, 0.6) is 0 Å². The van der Waals surface area contributed by atoms with Crippen LogP contribution in [-0.4, -0.2) is 26.5 Å². The Balaban J connectivity index is 1.85. The zero-order valence-corrected chi connectivity index (χ0v) is 10.3. The van der Waals surface area contributed by atoms with Crippen molar-refractivity contribution in [2.75, 3.05) is 0 Å². The maximum atomic E-state index is 11.9. The number of aliphatic hydroxyl groups excluding tert-OH is 1. The van der Waals surface area contributed by atoms with Gasteiger partial charge in [0, 0.05) is 7.05 Å². The highest BCUT2D eigenvalue weighted by Crippen LogP contribution is 2.33. The van der Waals surface area contributed by atoms with Crippen molar-refractivity contribution < 1.29 is 9.90 Å². The van der Waals surface area contributed by atoms with E-state index >= 15 is 0 Å². The summed E-state index contributed by atoms with van der Waals surface area (Å²) in [6.45, 7) is 0. The fourth-order valence-electron chi connectivity index (χ4n) is 2.29. The van der Waals surface area contributed by atoms with Gasteiger partial charge in [0.05, 0.1) is 17.5 Å². The van der Waals surface area contributed by atoms with E-state index in [0.29, 0.717) is 0 Å². The van der Waals surface area contributed by atoms with Gasteiger partial charge in [-0.1, -0.05) is 12.1 Å². The van der Waals surface area contributed by atoms with Gasteiger partial charge in [-0.2, -0.15) is 0 Å². The topological polar surface area (TPSA) is 55.1 Å². The standard InChI is InChI=1S/C14H16N2O2/c1-16-11-5-3-2-4-10(11)15-13(16)8-12(17)14(18)9-6-7-9/h2-5,9,14,18H,6-8H2,1H3. The predicted octanol–water partition coefficient (Wildman–Crippen LogP) is 1.46. The van der Waals surface area contributed by atoms with Crippen LogP contribution in [0.1, 0.15) is 18.7 Å². The Hall–Kier alpha value is -1.68. The first-order chi connectivity index (χ1) is 8.66. The number of ketones is 1. The molecule has 4 nitrogen and oxygen atoms in total. The van der Waals surface area contributed by atoms with Crippen molar-refractivity contribution in [3.05, 3.63) is 30.1 Å². The van der Waals surface area contributed by atoms with Crippen LogP contribution in [0.25, 0.3) is 11.0 Å². The zero-order valence-electron chi connectivity index (χ0n) is 10.3. The number of hydrogen-bond donors (Lipinski definition) is 1. The molecule has 2 aromatic rings. The molecule has 1 aromatic carbocycles. The summed E-state index contributed by atoms with van der Waals surface area (Å²) >= 11 is 0. The summed E-state index contributed by atoms with van der Waals surface area (Å²) in [5, 5.41) is 9.80. The Kier molecular flexibility index (Phi) is 2.67. The lowest BCUT2D eigenvalue weighted by Crippen LogP contribution is -2.25. The van der Waals surface area contributed by atoms with E-state index in [4.69, 9.17) is 0 Å². The highest BCUT2D eigenvalue weighted by molar-refractivity contribution is 5.86. The Labute approximate surface area is 105 Å². The van der Waals surface area contributed by atoms with E-state index in [1.54, 1.807) is 0 Å². The molecule has 1 N–H and O–H groups in total. The molecule has 0 spiro atoms. The molecule has 0 saturated heterocycles. The molecule has 94 valence electrons. The number of rotatable bonds is 4. The number of aliphatic hydroxyl groups is 1.